The number of anilines is 2. The summed E-state index contributed by atoms with van der Waals surface area (Å²) >= 11 is 5.95. The Morgan fingerprint density at radius 1 is 1.35 bits per heavy atom. The highest BCUT2D eigenvalue weighted by atomic mass is 35.5. The van der Waals surface area contributed by atoms with E-state index in [1.54, 1.807) is 6.20 Å². The van der Waals surface area contributed by atoms with Crippen molar-refractivity contribution in [1.29, 1.82) is 0 Å². The lowest BCUT2D eigenvalue weighted by molar-refractivity contribution is -0.117. The van der Waals surface area contributed by atoms with Crippen LogP contribution in [0.3, 0.4) is 0 Å². The van der Waals surface area contributed by atoms with Gasteiger partial charge in [0.1, 0.15) is 11.9 Å². The van der Waals surface area contributed by atoms with Crippen molar-refractivity contribution in [3.05, 3.63) is 53.2 Å². The van der Waals surface area contributed by atoms with E-state index in [-0.39, 0.29) is 11.9 Å². The van der Waals surface area contributed by atoms with Crippen molar-refractivity contribution in [3.8, 4) is 0 Å². The van der Waals surface area contributed by atoms with Crippen molar-refractivity contribution >= 4 is 29.0 Å². The lowest BCUT2D eigenvalue weighted by Crippen LogP contribution is -2.39. The second-order valence-electron chi connectivity index (χ2n) is 5.72. The van der Waals surface area contributed by atoms with Gasteiger partial charge in [-0.25, -0.2) is 4.98 Å². The SMILES string of the molecule is CCc1ccnc(NC(=O)C2CCCN2c2ccc(Cl)cc2)c1. The van der Waals surface area contributed by atoms with Crippen LogP contribution in [0.25, 0.3) is 0 Å². The van der Waals surface area contributed by atoms with Crippen LogP contribution in [-0.4, -0.2) is 23.5 Å². The number of carbonyl (C=O) groups excluding carboxylic acids is 1. The highest BCUT2D eigenvalue weighted by Crippen LogP contribution is 2.27. The Bertz CT molecular complexity index is 687. The van der Waals surface area contributed by atoms with E-state index in [4.69, 9.17) is 11.6 Å². The minimum atomic E-state index is -0.164. The van der Waals surface area contributed by atoms with Crippen LogP contribution in [0.15, 0.2) is 42.6 Å². The molecule has 0 spiro atoms. The molecule has 1 unspecified atom stereocenters. The lowest BCUT2D eigenvalue weighted by atomic mass is 10.2. The molecule has 1 fully saturated rings. The molecule has 1 amide bonds. The topological polar surface area (TPSA) is 45.2 Å². The number of rotatable bonds is 4. The number of nitrogens with one attached hydrogen (secondary N) is 1. The van der Waals surface area contributed by atoms with Crippen LogP contribution in [0, 0.1) is 0 Å². The summed E-state index contributed by atoms with van der Waals surface area (Å²) in [5.41, 5.74) is 2.19. The summed E-state index contributed by atoms with van der Waals surface area (Å²) < 4.78 is 0. The van der Waals surface area contributed by atoms with E-state index < -0.39 is 0 Å². The van der Waals surface area contributed by atoms with Gasteiger partial charge in [-0.05, 0) is 61.2 Å². The van der Waals surface area contributed by atoms with E-state index in [0.29, 0.717) is 10.8 Å². The molecule has 120 valence electrons. The van der Waals surface area contributed by atoms with Gasteiger partial charge in [-0.1, -0.05) is 18.5 Å². The van der Waals surface area contributed by atoms with Crippen molar-refractivity contribution in [2.24, 2.45) is 0 Å². The number of hydrogen-bond acceptors (Lipinski definition) is 3. The van der Waals surface area contributed by atoms with E-state index in [1.807, 2.05) is 36.4 Å². The number of halogens is 1. The van der Waals surface area contributed by atoms with Gasteiger partial charge in [0.25, 0.3) is 0 Å². The number of carbonyl (C=O) groups is 1. The first-order chi connectivity index (χ1) is 11.2. The molecule has 1 aromatic carbocycles. The fraction of sp³-hybridized carbons (Fsp3) is 0.333. The summed E-state index contributed by atoms with van der Waals surface area (Å²) in [5.74, 6) is 0.621. The molecule has 1 atom stereocenters. The zero-order valence-electron chi connectivity index (χ0n) is 13.1. The number of benzene rings is 1. The summed E-state index contributed by atoms with van der Waals surface area (Å²) in [5, 5.41) is 3.66. The van der Waals surface area contributed by atoms with Crippen LogP contribution in [0.5, 0.6) is 0 Å². The summed E-state index contributed by atoms with van der Waals surface area (Å²) in [6.07, 6.45) is 4.51. The van der Waals surface area contributed by atoms with Gasteiger partial charge < -0.3 is 10.2 Å². The van der Waals surface area contributed by atoms with Crippen LogP contribution in [0.4, 0.5) is 11.5 Å². The van der Waals surface area contributed by atoms with E-state index in [9.17, 15) is 4.79 Å². The predicted molar refractivity (Wildman–Crippen MR) is 94.1 cm³/mol. The maximum atomic E-state index is 12.6. The standard InChI is InChI=1S/C18H20ClN3O/c1-2-13-9-10-20-17(12-13)21-18(23)16-4-3-11-22(16)15-7-5-14(19)6-8-15/h5-10,12,16H,2-4,11H2,1H3,(H,20,21,23). The fourth-order valence-corrected chi connectivity index (χ4v) is 3.08. The van der Waals surface area contributed by atoms with Gasteiger partial charge in [-0.15, -0.1) is 0 Å². The smallest absolute Gasteiger partial charge is 0.248 e. The van der Waals surface area contributed by atoms with Crippen LogP contribution < -0.4 is 10.2 Å². The molecule has 1 aromatic heterocycles. The Balaban J connectivity index is 1.74. The molecule has 5 heteroatoms. The van der Waals surface area contributed by atoms with Gasteiger partial charge >= 0.3 is 0 Å². The molecule has 0 aliphatic carbocycles. The van der Waals surface area contributed by atoms with Crippen molar-refractivity contribution in [2.75, 3.05) is 16.8 Å². The maximum absolute atomic E-state index is 12.6. The van der Waals surface area contributed by atoms with E-state index in [2.05, 4.69) is 22.1 Å². The second kappa shape index (κ2) is 7.01. The first kappa shape index (κ1) is 15.8. The van der Waals surface area contributed by atoms with Crippen molar-refractivity contribution in [1.82, 2.24) is 4.98 Å². The molecule has 0 radical (unpaired) electrons. The number of aromatic nitrogens is 1. The number of hydrogen-bond donors (Lipinski definition) is 1. The quantitative estimate of drug-likeness (QED) is 0.925. The first-order valence-corrected chi connectivity index (χ1v) is 8.33. The third-order valence-corrected chi connectivity index (χ3v) is 4.45. The molecule has 0 bridgehead atoms. The van der Waals surface area contributed by atoms with Gasteiger partial charge in [0.05, 0.1) is 0 Å². The Kier molecular flexibility index (Phi) is 4.82. The zero-order chi connectivity index (χ0) is 16.2. The summed E-state index contributed by atoms with van der Waals surface area (Å²) in [4.78, 5) is 19.0. The molecule has 2 heterocycles. The second-order valence-corrected chi connectivity index (χ2v) is 6.16. The Hall–Kier alpha value is -2.07. The molecule has 0 saturated carbocycles. The van der Waals surface area contributed by atoms with Gasteiger partial charge in [-0.2, -0.15) is 0 Å². The molecule has 4 nitrogen and oxygen atoms in total. The fourth-order valence-electron chi connectivity index (χ4n) is 2.95. The average Bonchev–Trinajstić information content (AvgIpc) is 3.05. The minimum Gasteiger partial charge on any atom is -0.360 e. The van der Waals surface area contributed by atoms with Crippen molar-refractivity contribution in [2.45, 2.75) is 32.2 Å². The summed E-state index contributed by atoms with van der Waals surface area (Å²) in [6, 6.07) is 11.4. The van der Waals surface area contributed by atoms with Gasteiger partial charge in [0, 0.05) is 23.5 Å². The number of amides is 1. The molecule has 1 N–H and O–H groups in total. The Morgan fingerprint density at radius 3 is 2.87 bits per heavy atom. The summed E-state index contributed by atoms with van der Waals surface area (Å²) in [6.45, 7) is 2.96. The van der Waals surface area contributed by atoms with Gasteiger partial charge in [0.15, 0.2) is 0 Å². The van der Waals surface area contributed by atoms with Crippen LogP contribution in [0.1, 0.15) is 25.3 Å². The van der Waals surface area contributed by atoms with Crippen molar-refractivity contribution < 1.29 is 4.79 Å². The lowest BCUT2D eigenvalue weighted by Gasteiger charge is -2.26. The summed E-state index contributed by atoms with van der Waals surface area (Å²) in [7, 11) is 0. The number of nitrogens with zero attached hydrogens (tertiary/aromatic N) is 2. The maximum Gasteiger partial charge on any atom is 0.248 e. The van der Waals surface area contributed by atoms with Crippen LogP contribution in [0.2, 0.25) is 5.02 Å². The van der Waals surface area contributed by atoms with E-state index in [1.165, 1.54) is 0 Å². The third kappa shape index (κ3) is 3.64. The van der Waals surface area contributed by atoms with Gasteiger partial charge in [-0.3, -0.25) is 4.79 Å². The highest BCUT2D eigenvalue weighted by Gasteiger charge is 2.31. The molecule has 3 rings (SSSR count). The van der Waals surface area contributed by atoms with E-state index in [0.717, 1.165) is 37.1 Å². The number of pyridine rings is 1. The minimum absolute atomic E-state index is 0.00166. The third-order valence-electron chi connectivity index (χ3n) is 4.20. The molecular weight excluding hydrogens is 310 g/mol. The first-order valence-electron chi connectivity index (χ1n) is 7.95. The van der Waals surface area contributed by atoms with Crippen molar-refractivity contribution in [3.63, 3.8) is 0 Å². The monoisotopic (exact) mass is 329 g/mol. The van der Waals surface area contributed by atoms with Gasteiger partial charge in [0.2, 0.25) is 5.91 Å². The average molecular weight is 330 g/mol. The Labute approximate surface area is 141 Å². The van der Waals surface area contributed by atoms with Crippen LogP contribution in [-0.2, 0) is 11.2 Å². The zero-order valence-corrected chi connectivity index (χ0v) is 13.9. The largest absolute Gasteiger partial charge is 0.360 e. The van der Waals surface area contributed by atoms with Crippen LogP contribution >= 0.6 is 11.6 Å². The normalized spacial score (nSPS) is 17.3. The molecule has 2 aromatic rings. The molecule has 23 heavy (non-hydrogen) atoms. The molecule has 1 aliphatic heterocycles. The van der Waals surface area contributed by atoms with E-state index >= 15 is 0 Å². The molecule has 1 aliphatic rings. The predicted octanol–water partition coefficient (Wildman–Crippen LogP) is 3.90. The Morgan fingerprint density at radius 2 is 2.13 bits per heavy atom. The molecule has 1 saturated heterocycles. The highest BCUT2D eigenvalue weighted by molar-refractivity contribution is 6.30. The molecular formula is C18H20ClN3O. The number of aryl methyl sites for hydroxylation is 1.